The molecule has 1 aromatic carbocycles. The van der Waals surface area contributed by atoms with Gasteiger partial charge in [-0.2, -0.15) is 0 Å². The second-order valence-corrected chi connectivity index (χ2v) is 2.73. The molecule has 0 aliphatic carbocycles. The molecule has 3 heteroatoms. The zero-order chi connectivity index (χ0) is 9.84. The van der Waals surface area contributed by atoms with Crippen LogP contribution in [0.15, 0.2) is 18.2 Å². The Balaban J connectivity index is 3.11. The number of carbonyl (C=O) groups is 1. The fourth-order valence-corrected chi connectivity index (χ4v) is 1.15. The van der Waals surface area contributed by atoms with Crippen LogP contribution in [0.5, 0.6) is 5.75 Å². The molecule has 0 fully saturated rings. The number of Topliss-reactive ketones (excluding diaryl/α,β-unsaturated/α-hetero) is 1. The highest BCUT2D eigenvalue weighted by molar-refractivity contribution is 6.32. The molecule has 1 rings (SSSR count). The van der Waals surface area contributed by atoms with E-state index in [2.05, 4.69) is 0 Å². The molecule has 0 saturated heterocycles. The van der Waals surface area contributed by atoms with E-state index in [4.69, 9.17) is 22.8 Å². The highest BCUT2D eigenvalue weighted by Gasteiger charge is 2.05. The van der Waals surface area contributed by atoms with Gasteiger partial charge in [-0.25, -0.2) is 0 Å². The van der Waals surface area contributed by atoms with Crippen molar-refractivity contribution in [3.8, 4) is 18.1 Å². The van der Waals surface area contributed by atoms with Crippen LogP contribution in [0.4, 0.5) is 0 Å². The van der Waals surface area contributed by atoms with E-state index in [-0.39, 0.29) is 5.78 Å². The zero-order valence-electron chi connectivity index (χ0n) is 7.00. The van der Waals surface area contributed by atoms with Crippen LogP contribution >= 0.6 is 11.6 Å². The monoisotopic (exact) mass is 194 g/mol. The Hall–Kier alpha value is -1.46. The Morgan fingerprint density at radius 3 is 2.77 bits per heavy atom. The number of terminal acetylenes is 1. The van der Waals surface area contributed by atoms with Crippen molar-refractivity contribution in [2.45, 2.75) is 0 Å². The summed E-state index contributed by atoms with van der Waals surface area (Å²) < 4.78 is 4.92. The molecule has 0 saturated carbocycles. The molecule has 2 nitrogen and oxygen atoms in total. The van der Waals surface area contributed by atoms with Gasteiger partial charge in [-0.05, 0) is 24.1 Å². The van der Waals surface area contributed by atoms with Crippen molar-refractivity contribution in [1.82, 2.24) is 0 Å². The lowest BCUT2D eigenvalue weighted by Crippen LogP contribution is -1.94. The third-order valence-electron chi connectivity index (χ3n) is 1.55. The van der Waals surface area contributed by atoms with Gasteiger partial charge in [-0.15, -0.1) is 6.42 Å². The molecule has 0 aliphatic rings. The van der Waals surface area contributed by atoms with Crippen LogP contribution in [0.3, 0.4) is 0 Å². The summed E-state index contributed by atoms with van der Waals surface area (Å²) in [5, 5.41) is 0.378. The Labute approximate surface area is 81.5 Å². The topological polar surface area (TPSA) is 26.3 Å². The summed E-state index contributed by atoms with van der Waals surface area (Å²) in [5.41, 5.74) is 0.397. The van der Waals surface area contributed by atoms with Crippen molar-refractivity contribution in [2.24, 2.45) is 0 Å². The van der Waals surface area contributed by atoms with Crippen LogP contribution in [0.1, 0.15) is 10.4 Å². The molecule has 66 valence electrons. The van der Waals surface area contributed by atoms with Gasteiger partial charge in [0.2, 0.25) is 5.78 Å². The van der Waals surface area contributed by atoms with Gasteiger partial charge in [0.05, 0.1) is 12.1 Å². The fourth-order valence-electron chi connectivity index (χ4n) is 0.891. The quantitative estimate of drug-likeness (QED) is 0.410. The van der Waals surface area contributed by atoms with Crippen molar-refractivity contribution in [1.29, 1.82) is 0 Å². The summed E-state index contributed by atoms with van der Waals surface area (Å²) in [6.45, 7) is 0. The first-order valence-electron chi connectivity index (χ1n) is 3.53. The van der Waals surface area contributed by atoms with Crippen molar-refractivity contribution in [3.63, 3.8) is 0 Å². The van der Waals surface area contributed by atoms with Crippen LogP contribution < -0.4 is 4.74 Å². The van der Waals surface area contributed by atoms with E-state index < -0.39 is 0 Å². The number of ketones is 1. The number of halogens is 1. The molecule has 0 N–H and O–H groups in total. The molecule has 0 radical (unpaired) electrons. The molecule has 0 unspecified atom stereocenters. The SMILES string of the molecule is C#CC(=O)c1ccc(OC)c(Cl)c1. The summed E-state index contributed by atoms with van der Waals surface area (Å²) in [5.74, 6) is 2.15. The Morgan fingerprint density at radius 2 is 2.31 bits per heavy atom. The van der Waals surface area contributed by atoms with E-state index in [0.29, 0.717) is 16.3 Å². The predicted octanol–water partition coefficient (Wildman–Crippen LogP) is 2.16. The number of rotatable bonds is 2. The lowest BCUT2D eigenvalue weighted by atomic mass is 10.1. The summed E-state index contributed by atoms with van der Waals surface area (Å²) >= 11 is 5.78. The number of methoxy groups -OCH3 is 1. The lowest BCUT2D eigenvalue weighted by Gasteiger charge is -2.02. The number of hydrogen-bond acceptors (Lipinski definition) is 2. The maximum absolute atomic E-state index is 11.0. The molecule has 0 atom stereocenters. The van der Waals surface area contributed by atoms with Gasteiger partial charge in [0.15, 0.2) is 0 Å². The van der Waals surface area contributed by atoms with E-state index in [1.54, 1.807) is 12.1 Å². The molecule has 0 aromatic heterocycles. The largest absolute Gasteiger partial charge is 0.495 e. The van der Waals surface area contributed by atoms with Gasteiger partial charge in [0.25, 0.3) is 0 Å². The summed E-state index contributed by atoms with van der Waals surface area (Å²) in [6.07, 6.45) is 4.95. The third kappa shape index (κ3) is 2.01. The Morgan fingerprint density at radius 1 is 1.62 bits per heavy atom. The minimum Gasteiger partial charge on any atom is -0.495 e. The van der Waals surface area contributed by atoms with Crippen LogP contribution in [-0.2, 0) is 0 Å². The molecular weight excluding hydrogens is 188 g/mol. The summed E-state index contributed by atoms with van der Waals surface area (Å²) in [7, 11) is 1.50. The van der Waals surface area contributed by atoms with E-state index in [0.717, 1.165) is 0 Å². The van der Waals surface area contributed by atoms with Crippen molar-refractivity contribution in [2.75, 3.05) is 7.11 Å². The first-order chi connectivity index (χ1) is 6.19. The highest BCUT2D eigenvalue weighted by Crippen LogP contribution is 2.24. The average molecular weight is 195 g/mol. The number of carbonyl (C=O) groups excluding carboxylic acids is 1. The average Bonchev–Trinajstić information content (AvgIpc) is 2.16. The maximum Gasteiger partial charge on any atom is 0.235 e. The van der Waals surface area contributed by atoms with Crippen LogP contribution in [-0.4, -0.2) is 12.9 Å². The Bertz CT molecular complexity index is 377. The minimum atomic E-state index is -0.385. The van der Waals surface area contributed by atoms with E-state index >= 15 is 0 Å². The van der Waals surface area contributed by atoms with Gasteiger partial charge in [-0.1, -0.05) is 11.6 Å². The maximum atomic E-state index is 11.0. The smallest absolute Gasteiger partial charge is 0.235 e. The number of hydrogen-bond donors (Lipinski definition) is 0. The molecule has 0 bridgehead atoms. The van der Waals surface area contributed by atoms with E-state index in [9.17, 15) is 4.79 Å². The standard InChI is InChI=1S/C10H7ClO2/c1-3-9(12)7-4-5-10(13-2)8(11)6-7/h1,4-6H,2H3. The zero-order valence-corrected chi connectivity index (χ0v) is 7.76. The van der Waals surface area contributed by atoms with Crippen LogP contribution in [0.25, 0.3) is 0 Å². The normalized spacial score (nSPS) is 9.00. The van der Waals surface area contributed by atoms with Crippen molar-refractivity contribution in [3.05, 3.63) is 28.8 Å². The molecule has 0 heterocycles. The number of ether oxygens (including phenoxy) is 1. The van der Waals surface area contributed by atoms with Gasteiger partial charge >= 0.3 is 0 Å². The van der Waals surface area contributed by atoms with Gasteiger partial charge in [0, 0.05) is 5.56 Å². The summed E-state index contributed by atoms with van der Waals surface area (Å²) in [4.78, 5) is 11.0. The van der Waals surface area contributed by atoms with Gasteiger partial charge < -0.3 is 4.74 Å². The van der Waals surface area contributed by atoms with Crippen molar-refractivity contribution >= 4 is 17.4 Å². The van der Waals surface area contributed by atoms with Gasteiger partial charge in [-0.3, -0.25) is 4.79 Å². The first kappa shape index (κ1) is 9.63. The second-order valence-electron chi connectivity index (χ2n) is 2.32. The molecule has 13 heavy (non-hydrogen) atoms. The summed E-state index contributed by atoms with van der Waals surface area (Å²) in [6, 6.07) is 4.67. The fraction of sp³-hybridized carbons (Fsp3) is 0.100. The van der Waals surface area contributed by atoms with Crippen LogP contribution in [0.2, 0.25) is 5.02 Å². The third-order valence-corrected chi connectivity index (χ3v) is 1.84. The minimum absolute atomic E-state index is 0.378. The molecule has 1 aromatic rings. The van der Waals surface area contributed by atoms with Crippen LogP contribution in [0, 0.1) is 12.3 Å². The number of benzene rings is 1. The Kier molecular flexibility index (Phi) is 2.94. The molecule has 0 spiro atoms. The molecule has 0 aliphatic heterocycles. The highest BCUT2D eigenvalue weighted by atomic mass is 35.5. The second kappa shape index (κ2) is 3.97. The molecular formula is C10H7ClO2. The van der Waals surface area contributed by atoms with E-state index in [1.807, 2.05) is 5.92 Å². The lowest BCUT2D eigenvalue weighted by molar-refractivity contribution is 0.105. The predicted molar refractivity (Wildman–Crippen MR) is 51.2 cm³/mol. The first-order valence-corrected chi connectivity index (χ1v) is 3.91. The van der Waals surface area contributed by atoms with E-state index in [1.165, 1.54) is 13.2 Å². The van der Waals surface area contributed by atoms with Crippen molar-refractivity contribution < 1.29 is 9.53 Å². The molecule has 0 amide bonds. The van der Waals surface area contributed by atoms with Gasteiger partial charge in [0.1, 0.15) is 5.75 Å².